The second-order valence-electron chi connectivity index (χ2n) is 10.4. The Morgan fingerprint density at radius 2 is 1.19 bits per heavy atom. The van der Waals surface area contributed by atoms with E-state index in [4.69, 9.17) is 6.42 Å². The summed E-state index contributed by atoms with van der Waals surface area (Å²) in [5.74, 6) is 2.65. The van der Waals surface area contributed by atoms with Gasteiger partial charge in [-0.2, -0.15) is 10.5 Å². The van der Waals surface area contributed by atoms with E-state index in [9.17, 15) is 10.5 Å². The van der Waals surface area contributed by atoms with Crippen LogP contribution in [0.5, 0.6) is 0 Å². The molecular weight excluding hydrogens is 524 g/mol. The van der Waals surface area contributed by atoms with Crippen LogP contribution < -0.4 is 0 Å². The average Bonchev–Trinajstić information content (AvgIpc) is 3.54. The third-order valence-electron chi connectivity index (χ3n) is 8.14. The van der Waals surface area contributed by atoms with Crippen molar-refractivity contribution in [3.8, 4) is 47.0 Å². The molecule has 0 atom stereocenters. The van der Waals surface area contributed by atoms with Crippen LogP contribution in [0.15, 0.2) is 115 Å². The lowest BCUT2D eigenvalue weighted by Gasteiger charge is -2.19. The molecule has 0 radical (unpaired) electrons. The van der Waals surface area contributed by atoms with Gasteiger partial charge >= 0.3 is 0 Å². The SMILES string of the molecule is C#C/C=C\c1c(C)c2ccccc2n1-c1cc(-c2c(C#N)cccc2C#N)ccc1-n1c2ccccc2c2ccccc21. The van der Waals surface area contributed by atoms with Gasteiger partial charge in [0.05, 0.1) is 56.9 Å². The van der Waals surface area contributed by atoms with Gasteiger partial charge in [-0.3, -0.25) is 0 Å². The summed E-state index contributed by atoms with van der Waals surface area (Å²) < 4.78 is 4.53. The van der Waals surface area contributed by atoms with E-state index in [-0.39, 0.29) is 0 Å². The molecule has 0 unspecified atom stereocenters. The van der Waals surface area contributed by atoms with Crippen LogP contribution in [-0.2, 0) is 0 Å². The summed E-state index contributed by atoms with van der Waals surface area (Å²) in [4.78, 5) is 0. The van der Waals surface area contributed by atoms with Crippen molar-refractivity contribution in [3.05, 3.63) is 138 Å². The molecular formula is C39H24N4. The minimum atomic E-state index is 0.454. The van der Waals surface area contributed by atoms with Gasteiger partial charge in [0.25, 0.3) is 0 Å². The van der Waals surface area contributed by atoms with E-state index in [1.807, 2.05) is 24.3 Å². The van der Waals surface area contributed by atoms with Gasteiger partial charge in [0.15, 0.2) is 0 Å². The number of nitriles is 2. The smallest absolute Gasteiger partial charge is 0.0998 e. The van der Waals surface area contributed by atoms with Crippen LogP contribution in [0.4, 0.5) is 0 Å². The first-order chi connectivity index (χ1) is 21.2. The van der Waals surface area contributed by atoms with Crippen molar-refractivity contribution in [3.63, 3.8) is 0 Å². The van der Waals surface area contributed by atoms with Gasteiger partial charge < -0.3 is 9.13 Å². The lowest BCUT2D eigenvalue weighted by atomic mass is 9.94. The van der Waals surface area contributed by atoms with E-state index >= 15 is 0 Å². The number of nitrogens with zero attached hydrogens (tertiary/aromatic N) is 4. The first-order valence-corrected chi connectivity index (χ1v) is 14.0. The van der Waals surface area contributed by atoms with Gasteiger partial charge in [-0.15, -0.1) is 6.42 Å². The van der Waals surface area contributed by atoms with Crippen LogP contribution in [0, 0.1) is 41.9 Å². The molecule has 5 aromatic carbocycles. The van der Waals surface area contributed by atoms with Crippen LogP contribution in [0.2, 0.25) is 0 Å². The molecule has 0 aliphatic heterocycles. The fourth-order valence-corrected chi connectivity index (χ4v) is 6.29. The predicted molar refractivity (Wildman–Crippen MR) is 175 cm³/mol. The van der Waals surface area contributed by atoms with Gasteiger partial charge in [-0.05, 0) is 72.7 Å². The maximum absolute atomic E-state index is 10.0. The lowest BCUT2D eigenvalue weighted by molar-refractivity contribution is 1.05. The van der Waals surface area contributed by atoms with Gasteiger partial charge in [0.1, 0.15) is 0 Å². The van der Waals surface area contributed by atoms with Crippen molar-refractivity contribution in [1.29, 1.82) is 10.5 Å². The van der Waals surface area contributed by atoms with E-state index in [0.717, 1.165) is 60.9 Å². The number of hydrogen-bond donors (Lipinski definition) is 0. The number of aryl methyl sites for hydroxylation is 1. The predicted octanol–water partition coefficient (Wildman–Crippen LogP) is 9.09. The Balaban J connectivity index is 1.67. The Kier molecular flexibility index (Phi) is 6.14. The van der Waals surface area contributed by atoms with Crippen LogP contribution in [-0.4, -0.2) is 9.13 Å². The molecule has 0 aliphatic rings. The summed E-state index contributed by atoms with van der Waals surface area (Å²) in [5.41, 5.74) is 9.46. The Morgan fingerprint density at radius 1 is 0.628 bits per heavy atom. The van der Waals surface area contributed by atoms with E-state index in [1.54, 1.807) is 24.3 Å². The van der Waals surface area contributed by atoms with Crippen molar-refractivity contribution < 1.29 is 0 Å². The standard InChI is InChI=1S/C39H24N4/c1-3-4-17-33-26(2)30-14-5-8-18-34(30)42(33)38-23-27(39-28(24-40)12-11-13-29(39)25-41)21-22-37(38)43-35-19-9-6-15-31(35)32-16-7-10-20-36(32)43/h1,4-23H,2H3/b17-4-. The van der Waals surface area contributed by atoms with Crippen molar-refractivity contribution >= 4 is 38.8 Å². The Hall–Kier alpha value is -6.28. The third-order valence-corrected chi connectivity index (χ3v) is 8.14. The fourth-order valence-electron chi connectivity index (χ4n) is 6.29. The molecule has 4 nitrogen and oxygen atoms in total. The molecule has 2 aromatic heterocycles. The molecule has 200 valence electrons. The van der Waals surface area contributed by atoms with E-state index in [1.165, 1.54) is 0 Å². The number of rotatable bonds is 4. The first-order valence-electron chi connectivity index (χ1n) is 14.0. The summed E-state index contributed by atoms with van der Waals surface area (Å²) >= 11 is 0. The normalized spacial score (nSPS) is 11.2. The maximum atomic E-state index is 10.0. The summed E-state index contributed by atoms with van der Waals surface area (Å²) in [7, 11) is 0. The zero-order valence-corrected chi connectivity index (χ0v) is 23.4. The summed E-state index contributed by atoms with van der Waals surface area (Å²) in [5, 5.41) is 23.5. The van der Waals surface area contributed by atoms with Crippen molar-refractivity contribution in [2.75, 3.05) is 0 Å². The average molecular weight is 549 g/mol. The molecule has 0 spiro atoms. The minimum absolute atomic E-state index is 0.454. The fraction of sp³-hybridized carbons (Fsp3) is 0.0256. The second kappa shape index (κ2) is 10.3. The molecule has 0 amide bonds. The van der Waals surface area contributed by atoms with Crippen LogP contribution in [0.3, 0.4) is 0 Å². The van der Waals surface area contributed by atoms with Crippen LogP contribution in [0.25, 0.3) is 61.3 Å². The van der Waals surface area contributed by atoms with Gasteiger partial charge in [-0.1, -0.05) is 72.7 Å². The first kappa shape index (κ1) is 25.7. The maximum Gasteiger partial charge on any atom is 0.0998 e. The third kappa shape index (κ3) is 3.93. The second-order valence-corrected chi connectivity index (χ2v) is 10.4. The quantitative estimate of drug-likeness (QED) is 0.206. The number of aromatic nitrogens is 2. The zero-order chi connectivity index (χ0) is 29.5. The molecule has 0 N–H and O–H groups in total. The van der Waals surface area contributed by atoms with E-state index < -0.39 is 0 Å². The highest BCUT2D eigenvalue weighted by atomic mass is 15.1. The molecule has 0 saturated heterocycles. The topological polar surface area (TPSA) is 57.4 Å². The molecule has 2 heterocycles. The molecule has 0 bridgehead atoms. The molecule has 43 heavy (non-hydrogen) atoms. The van der Waals surface area contributed by atoms with Gasteiger partial charge in [0.2, 0.25) is 0 Å². The molecule has 7 aromatic rings. The minimum Gasteiger partial charge on any atom is -0.307 e. The lowest BCUT2D eigenvalue weighted by Crippen LogP contribution is -2.06. The monoisotopic (exact) mass is 548 g/mol. The van der Waals surface area contributed by atoms with E-state index in [2.05, 4.69) is 107 Å². The van der Waals surface area contributed by atoms with Crippen molar-refractivity contribution in [1.82, 2.24) is 9.13 Å². The number of allylic oxidation sites excluding steroid dienone is 1. The molecule has 0 fully saturated rings. The molecule has 0 saturated carbocycles. The number of terminal acetylenes is 1. The number of para-hydroxylation sites is 3. The molecule has 7 rings (SSSR count). The largest absolute Gasteiger partial charge is 0.307 e. The number of hydrogen-bond acceptors (Lipinski definition) is 2. The number of fused-ring (bicyclic) bond motifs is 4. The highest BCUT2D eigenvalue weighted by molar-refractivity contribution is 6.09. The van der Waals surface area contributed by atoms with Crippen molar-refractivity contribution in [2.24, 2.45) is 0 Å². The Labute approximate surface area is 249 Å². The Morgan fingerprint density at radius 3 is 1.77 bits per heavy atom. The van der Waals surface area contributed by atoms with E-state index in [0.29, 0.717) is 16.7 Å². The van der Waals surface area contributed by atoms with Crippen molar-refractivity contribution in [2.45, 2.75) is 6.92 Å². The highest BCUT2D eigenvalue weighted by Crippen LogP contribution is 2.39. The molecule has 4 heteroatoms. The zero-order valence-electron chi connectivity index (χ0n) is 23.4. The molecule has 0 aliphatic carbocycles. The van der Waals surface area contributed by atoms with Crippen LogP contribution >= 0.6 is 0 Å². The van der Waals surface area contributed by atoms with Crippen LogP contribution in [0.1, 0.15) is 22.4 Å². The van der Waals surface area contributed by atoms with Gasteiger partial charge in [0, 0.05) is 21.7 Å². The Bertz CT molecular complexity index is 2310. The summed E-state index contributed by atoms with van der Waals surface area (Å²) in [6.07, 6.45) is 9.39. The van der Waals surface area contributed by atoms with Gasteiger partial charge in [-0.25, -0.2) is 0 Å². The summed E-state index contributed by atoms with van der Waals surface area (Å²) in [6, 6.07) is 41.2. The summed E-state index contributed by atoms with van der Waals surface area (Å²) in [6.45, 7) is 2.11. The number of benzene rings is 5. The highest BCUT2D eigenvalue weighted by Gasteiger charge is 2.22.